The maximum atomic E-state index is 11.7. The minimum atomic E-state index is -0.762. The number of anilines is 1. The first-order valence-corrected chi connectivity index (χ1v) is 7.85. The second kappa shape index (κ2) is 8.68. The Bertz CT molecular complexity index is 734. The zero-order valence-corrected chi connectivity index (χ0v) is 14.1. The number of non-ortho nitro benzene ring substituents is 1. The number of hydrogen-bond acceptors (Lipinski definition) is 6. The van der Waals surface area contributed by atoms with Gasteiger partial charge in [-0.1, -0.05) is 25.1 Å². The normalized spacial score (nSPS) is 11.4. The monoisotopic (exact) mass is 344 g/mol. The summed E-state index contributed by atoms with van der Waals surface area (Å²) in [6.07, 6.45) is -0.336. The summed E-state index contributed by atoms with van der Waals surface area (Å²) in [6, 6.07) is 13.7. The van der Waals surface area contributed by atoms with Crippen molar-refractivity contribution in [2.45, 2.75) is 26.0 Å². The van der Waals surface area contributed by atoms with Crippen molar-refractivity contribution in [1.82, 2.24) is 0 Å². The Labute approximate surface area is 145 Å². The fourth-order valence-electron chi connectivity index (χ4n) is 2.27. The molecule has 0 aliphatic carbocycles. The lowest BCUT2D eigenvalue weighted by atomic mass is 10.1. The second-order valence-electron chi connectivity index (χ2n) is 5.31. The highest BCUT2D eigenvalue weighted by Gasteiger charge is 2.21. The molecular weight excluding hydrogens is 324 g/mol. The highest BCUT2D eigenvalue weighted by Crippen LogP contribution is 2.27. The van der Waals surface area contributed by atoms with Crippen molar-refractivity contribution in [3.05, 3.63) is 64.2 Å². The summed E-state index contributed by atoms with van der Waals surface area (Å²) in [7, 11) is 1.29. The molecule has 1 N–H and O–H groups in total. The van der Waals surface area contributed by atoms with Crippen LogP contribution < -0.4 is 10.1 Å². The van der Waals surface area contributed by atoms with Gasteiger partial charge in [-0.2, -0.15) is 0 Å². The molecule has 0 aromatic heterocycles. The van der Waals surface area contributed by atoms with Gasteiger partial charge >= 0.3 is 5.97 Å². The van der Waals surface area contributed by atoms with Crippen LogP contribution in [0.1, 0.15) is 18.9 Å². The topological polar surface area (TPSA) is 90.7 Å². The number of ether oxygens (including phenoxy) is 2. The third-order valence-corrected chi connectivity index (χ3v) is 3.62. The van der Waals surface area contributed by atoms with Crippen molar-refractivity contribution in [2.75, 3.05) is 12.4 Å². The number of carbonyl (C=O) groups is 1. The van der Waals surface area contributed by atoms with Crippen LogP contribution in [0.4, 0.5) is 11.4 Å². The second-order valence-corrected chi connectivity index (χ2v) is 5.31. The lowest BCUT2D eigenvalue weighted by molar-refractivity contribution is -0.384. The Hall–Kier alpha value is -3.09. The zero-order valence-electron chi connectivity index (χ0n) is 14.1. The first kappa shape index (κ1) is 18.3. The molecule has 7 heteroatoms. The highest BCUT2D eigenvalue weighted by molar-refractivity contribution is 5.75. The van der Waals surface area contributed by atoms with Gasteiger partial charge in [-0.05, 0) is 24.6 Å². The van der Waals surface area contributed by atoms with Gasteiger partial charge in [-0.25, -0.2) is 4.79 Å². The van der Waals surface area contributed by atoms with Crippen molar-refractivity contribution >= 4 is 17.3 Å². The highest BCUT2D eigenvalue weighted by atomic mass is 16.6. The zero-order chi connectivity index (χ0) is 18.2. The van der Waals surface area contributed by atoms with Gasteiger partial charge < -0.3 is 14.8 Å². The van der Waals surface area contributed by atoms with Crippen molar-refractivity contribution in [3.63, 3.8) is 0 Å². The molecule has 0 aliphatic rings. The molecule has 0 fully saturated rings. The van der Waals surface area contributed by atoms with Crippen molar-refractivity contribution < 1.29 is 19.2 Å². The maximum Gasteiger partial charge on any atom is 0.347 e. The number of nitrogens with one attached hydrogen (secondary N) is 1. The van der Waals surface area contributed by atoms with Crippen LogP contribution in [0, 0.1) is 10.1 Å². The third kappa shape index (κ3) is 4.94. The average molecular weight is 344 g/mol. The molecule has 0 amide bonds. The van der Waals surface area contributed by atoms with Gasteiger partial charge in [0.05, 0.1) is 12.0 Å². The Balaban J connectivity index is 2.25. The molecule has 0 spiro atoms. The Kier molecular flexibility index (Phi) is 6.33. The van der Waals surface area contributed by atoms with Crippen LogP contribution in [0.3, 0.4) is 0 Å². The number of esters is 1. The molecule has 2 rings (SSSR count). The largest absolute Gasteiger partial charge is 0.478 e. The van der Waals surface area contributed by atoms with Crippen LogP contribution in [-0.2, 0) is 16.1 Å². The van der Waals surface area contributed by atoms with E-state index in [1.165, 1.54) is 25.3 Å². The predicted octanol–water partition coefficient (Wildman–Crippen LogP) is 3.54. The number of hydrogen-bond donors (Lipinski definition) is 1. The summed E-state index contributed by atoms with van der Waals surface area (Å²) >= 11 is 0. The van der Waals surface area contributed by atoms with Gasteiger partial charge in [-0.15, -0.1) is 0 Å². The summed E-state index contributed by atoms with van der Waals surface area (Å²) in [5, 5.41) is 14.2. The fraction of sp³-hybridized carbons (Fsp3) is 0.278. The van der Waals surface area contributed by atoms with Crippen LogP contribution in [0.2, 0.25) is 0 Å². The number of nitro groups is 1. The van der Waals surface area contributed by atoms with E-state index in [9.17, 15) is 14.9 Å². The van der Waals surface area contributed by atoms with E-state index in [-0.39, 0.29) is 5.69 Å². The smallest absolute Gasteiger partial charge is 0.347 e. The molecule has 0 bridgehead atoms. The van der Waals surface area contributed by atoms with E-state index in [0.29, 0.717) is 24.3 Å². The molecule has 0 radical (unpaired) electrons. The van der Waals surface area contributed by atoms with Gasteiger partial charge in [0.25, 0.3) is 5.69 Å². The van der Waals surface area contributed by atoms with Gasteiger partial charge in [0.1, 0.15) is 5.75 Å². The van der Waals surface area contributed by atoms with Gasteiger partial charge in [0.15, 0.2) is 6.10 Å². The lowest BCUT2D eigenvalue weighted by Gasteiger charge is -2.18. The molecule has 0 saturated heterocycles. The molecule has 0 heterocycles. The van der Waals surface area contributed by atoms with E-state index >= 15 is 0 Å². The number of methoxy groups -OCH3 is 1. The Morgan fingerprint density at radius 1 is 1.24 bits per heavy atom. The number of para-hydroxylation sites is 1. The summed E-state index contributed by atoms with van der Waals surface area (Å²) in [5.41, 5.74) is 1.42. The summed E-state index contributed by atoms with van der Waals surface area (Å²) in [6.45, 7) is 2.12. The average Bonchev–Trinajstić information content (AvgIpc) is 2.64. The molecule has 0 saturated carbocycles. The minimum Gasteiger partial charge on any atom is -0.478 e. The summed E-state index contributed by atoms with van der Waals surface area (Å²) < 4.78 is 10.5. The molecule has 7 nitrogen and oxygen atoms in total. The van der Waals surface area contributed by atoms with E-state index in [0.717, 1.165) is 5.69 Å². The van der Waals surface area contributed by atoms with Crippen LogP contribution >= 0.6 is 0 Å². The number of benzene rings is 2. The lowest BCUT2D eigenvalue weighted by Crippen LogP contribution is -2.28. The van der Waals surface area contributed by atoms with Crippen molar-refractivity contribution in [2.24, 2.45) is 0 Å². The van der Waals surface area contributed by atoms with Crippen LogP contribution in [0.25, 0.3) is 0 Å². The number of nitrogens with zero attached hydrogens (tertiary/aromatic N) is 1. The van der Waals surface area contributed by atoms with Crippen molar-refractivity contribution in [1.29, 1.82) is 0 Å². The third-order valence-electron chi connectivity index (χ3n) is 3.62. The molecule has 1 atom stereocenters. The number of rotatable bonds is 8. The number of carbonyl (C=O) groups excluding carboxylic acids is 1. The van der Waals surface area contributed by atoms with E-state index in [1.807, 2.05) is 30.3 Å². The predicted molar refractivity (Wildman–Crippen MR) is 93.6 cm³/mol. The van der Waals surface area contributed by atoms with Gasteiger partial charge in [-0.3, -0.25) is 10.1 Å². The summed E-state index contributed by atoms with van der Waals surface area (Å²) in [4.78, 5) is 22.3. The fourth-order valence-corrected chi connectivity index (χ4v) is 2.27. The molecule has 0 aliphatic heterocycles. The van der Waals surface area contributed by atoms with Crippen LogP contribution in [0.5, 0.6) is 5.75 Å². The van der Waals surface area contributed by atoms with Crippen LogP contribution in [0.15, 0.2) is 48.5 Å². The minimum absolute atomic E-state index is 0.0386. The first-order chi connectivity index (χ1) is 12.0. The Morgan fingerprint density at radius 3 is 2.56 bits per heavy atom. The van der Waals surface area contributed by atoms with E-state index in [4.69, 9.17) is 9.47 Å². The van der Waals surface area contributed by atoms with E-state index in [1.54, 1.807) is 6.92 Å². The van der Waals surface area contributed by atoms with E-state index in [2.05, 4.69) is 5.32 Å². The molecule has 25 heavy (non-hydrogen) atoms. The standard InChI is InChI=1S/C18H20N2O5/c1-3-16(18(21)24-2)25-17-10-9-15(20(22)23)11-13(17)12-19-14-7-5-4-6-8-14/h4-11,16,19H,3,12H2,1-2H3. The summed E-state index contributed by atoms with van der Waals surface area (Å²) in [5.74, 6) is -0.0749. The van der Waals surface area contributed by atoms with E-state index < -0.39 is 17.0 Å². The molecule has 132 valence electrons. The van der Waals surface area contributed by atoms with Gasteiger partial charge in [0, 0.05) is 29.9 Å². The molecule has 2 aromatic carbocycles. The maximum absolute atomic E-state index is 11.7. The van der Waals surface area contributed by atoms with Crippen LogP contribution in [-0.4, -0.2) is 24.1 Å². The quantitative estimate of drug-likeness (QED) is 0.447. The molecule has 2 aromatic rings. The number of nitro benzene ring substituents is 1. The SMILES string of the molecule is CCC(Oc1ccc([N+](=O)[O-])cc1CNc1ccccc1)C(=O)OC. The molecule has 1 unspecified atom stereocenters. The Morgan fingerprint density at radius 2 is 1.96 bits per heavy atom. The first-order valence-electron chi connectivity index (χ1n) is 7.85. The van der Waals surface area contributed by atoms with Gasteiger partial charge in [0.2, 0.25) is 0 Å². The van der Waals surface area contributed by atoms with Crippen molar-refractivity contribution in [3.8, 4) is 5.75 Å². The molecular formula is C18H20N2O5.